The number of aliphatic hydroxyl groups is 1. The van der Waals surface area contributed by atoms with Gasteiger partial charge in [0, 0.05) is 12.5 Å². The molecule has 0 fully saturated rings. The zero-order chi connectivity index (χ0) is 11.6. The maximum Gasteiger partial charge on any atom is 0.228 e. The van der Waals surface area contributed by atoms with Crippen LogP contribution in [0.4, 0.5) is 0 Å². The van der Waals surface area contributed by atoms with E-state index in [-0.39, 0.29) is 17.9 Å². The van der Waals surface area contributed by atoms with Crippen LogP contribution in [-0.4, -0.2) is 35.1 Å². The van der Waals surface area contributed by atoms with Crippen LogP contribution in [0.3, 0.4) is 0 Å². The first-order valence-corrected chi connectivity index (χ1v) is 5.08. The molecule has 0 heterocycles. The first-order valence-electron chi connectivity index (χ1n) is 5.08. The summed E-state index contributed by atoms with van der Waals surface area (Å²) in [6.45, 7) is 9.55. The molecule has 0 saturated carbocycles. The fraction of sp³-hybridized carbons (Fsp3) is 0.909. The molecule has 0 bridgehead atoms. The maximum atomic E-state index is 12.0. The number of hydrogen-bond acceptors (Lipinski definition) is 2. The predicted molar refractivity (Wildman–Crippen MR) is 58.0 cm³/mol. The lowest BCUT2D eigenvalue weighted by atomic mass is 9.87. The van der Waals surface area contributed by atoms with E-state index in [2.05, 4.69) is 0 Å². The molecule has 3 heteroatoms. The highest BCUT2D eigenvalue weighted by Gasteiger charge is 2.35. The van der Waals surface area contributed by atoms with Crippen LogP contribution in [0.25, 0.3) is 0 Å². The summed E-state index contributed by atoms with van der Waals surface area (Å²) in [6, 6.07) is 0. The number of nitrogens with zero attached hydrogens (tertiary/aromatic N) is 1. The van der Waals surface area contributed by atoms with Gasteiger partial charge in [-0.3, -0.25) is 4.79 Å². The van der Waals surface area contributed by atoms with Crippen molar-refractivity contribution in [2.24, 2.45) is 5.41 Å². The largest absolute Gasteiger partial charge is 0.394 e. The Labute approximate surface area is 87.1 Å². The zero-order valence-electron chi connectivity index (χ0n) is 10.2. The summed E-state index contributed by atoms with van der Waals surface area (Å²) in [4.78, 5) is 13.7. The Hall–Kier alpha value is -0.570. The Balaban J connectivity index is 4.71. The molecule has 0 rings (SSSR count). The third-order valence-corrected chi connectivity index (χ3v) is 3.06. The van der Waals surface area contributed by atoms with Gasteiger partial charge in [0.15, 0.2) is 0 Å². The lowest BCUT2D eigenvalue weighted by Gasteiger charge is -2.38. The van der Waals surface area contributed by atoms with Gasteiger partial charge in [0.05, 0.1) is 12.1 Å². The smallest absolute Gasteiger partial charge is 0.228 e. The van der Waals surface area contributed by atoms with Gasteiger partial charge >= 0.3 is 0 Å². The molecule has 0 saturated heterocycles. The lowest BCUT2D eigenvalue weighted by molar-refractivity contribution is -0.145. The van der Waals surface area contributed by atoms with E-state index < -0.39 is 5.54 Å². The molecule has 0 aliphatic rings. The molecule has 0 aliphatic heterocycles. The number of aliphatic hydroxyl groups excluding tert-OH is 1. The number of hydrogen-bond donors (Lipinski definition) is 1. The SMILES string of the molecule is CCC(C)(C)C(=O)N(C)C(C)(C)CO. The van der Waals surface area contributed by atoms with Crippen LogP contribution >= 0.6 is 0 Å². The van der Waals surface area contributed by atoms with E-state index in [1.165, 1.54) is 0 Å². The third kappa shape index (κ3) is 2.71. The average molecular weight is 201 g/mol. The summed E-state index contributed by atoms with van der Waals surface area (Å²) in [5, 5.41) is 9.16. The Morgan fingerprint density at radius 1 is 1.29 bits per heavy atom. The lowest BCUT2D eigenvalue weighted by Crippen LogP contribution is -2.51. The summed E-state index contributed by atoms with van der Waals surface area (Å²) in [5.41, 5.74) is -0.829. The van der Waals surface area contributed by atoms with Crippen molar-refractivity contribution in [3.63, 3.8) is 0 Å². The van der Waals surface area contributed by atoms with E-state index in [9.17, 15) is 4.79 Å². The van der Waals surface area contributed by atoms with Crippen molar-refractivity contribution in [1.82, 2.24) is 4.90 Å². The van der Waals surface area contributed by atoms with Crippen LogP contribution in [0, 0.1) is 5.41 Å². The highest BCUT2D eigenvalue weighted by Crippen LogP contribution is 2.26. The Kier molecular flexibility index (Phi) is 4.13. The maximum absolute atomic E-state index is 12.0. The molecule has 0 aromatic heterocycles. The average Bonchev–Trinajstić information content (AvgIpc) is 2.15. The van der Waals surface area contributed by atoms with Crippen molar-refractivity contribution < 1.29 is 9.90 Å². The molecule has 0 unspecified atom stereocenters. The van der Waals surface area contributed by atoms with Crippen molar-refractivity contribution in [3.8, 4) is 0 Å². The van der Waals surface area contributed by atoms with Gasteiger partial charge in [0.2, 0.25) is 5.91 Å². The monoisotopic (exact) mass is 201 g/mol. The second-order valence-electron chi connectivity index (χ2n) is 5.07. The van der Waals surface area contributed by atoms with E-state index in [1.54, 1.807) is 11.9 Å². The van der Waals surface area contributed by atoms with Crippen LogP contribution in [0.5, 0.6) is 0 Å². The van der Waals surface area contributed by atoms with Crippen LogP contribution < -0.4 is 0 Å². The van der Waals surface area contributed by atoms with Gasteiger partial charge in [-0.05, 0) is 20.3 Å². The number of likely N-dealkylation sites (N-methyl/N-ethyl adjacent to an activating group) is 1. The van der Waals surface area contributed by atoms with Crippen LogP contribution in [0.15, 0.2) is 0 Å². The summed E-state index contributed by atoms with van der Waals surface area (Å²) in [7, 11) is 1.75. The van der Waals surface area contributed by atoms with Crippen LogP contribution in [-0.2, 0) is 4.79 Å². The summed E-state index contributed by atoms with van der Waals surface area (Å²) in [6.07, 6.45) is 0.803. The molecule has 0 atom stereocenters. The normalized spacial score (nSPS) is 12.8. The molecular formula is C11H23NO2. The van der Waals surface area contributed by atoms with Gasteiger partial charge < -0.3 is 10.0 Å². The van der Waals surface area contributed by atoms with E-state index in [0.29, 0.717) is 0 Å². The van der Waals surface area contributed by atoms with E-state index in [0.717, 1.165) is 6.42 Å². The Morgan fingerprint density at radius 2 is 1.71 bits per heavy atom. The summed E-state index contributed by atoms with van der Waals surface area (Å²) >= 11 is 0. The molecule has 0 aromatic rings. The summed E-state index contributed by atoms with van der Waals surface area (Å²) in [5.74, 6) is 0.0825. The molecule has 0 radical (unpaired) electrons. The first-order chi connectivity index (χ1) is 6.19. The van der Waals surface area contributed by atoms with Crippen LogP contribution in [0.2, 0.25) is 0 Å². The molecule has 1 N–H and O–H groups in total. The standard InChI is InChI=1S/C11H23NO2/c1-7-10(2,3)9(14)12(6)11(4,5)8-13/h13H,7-8H2,1-6H3. The molecule has 3 nitrogen and oxygen atoms in total. The summed E-state index contributed by atoms with van der Waals surface area (Å²) < 4.78 is 0. The second-order valence-corrected chi connectivity index (χ2v) is 5.07. The van der Waals surface area contributed by atoms with E-state index in [4.69, 9.17) is 5.11 Å². The molecular weight excluding hydrogens is 178 g/mol. The van der Waals surface area contributed by atoms with Crippen molar-refractivity contribution in [1.29, 1.82) is 0 Å². The van der Waals surface area contributed by atoms with E-state index in [1.807, 2.05) is 34.6 Å². The minimum absolute atomic E-state index is 0.0188. The van der Waals surface area contributed by atoms with Gasteiger partial charge in [0.25, 0.3) is 0 Å². The Bertz CT molecular complexity index is 209. The molecule has 0 spiro atoms. The quantitative estimate of drug-likeness (QED) is 0.751. The fourth-order valence-corrected chi connectivity index (χ4v) is 0.986. The minimum atomic E-state index is -0.483. The molecule has 1 amide bonds. The highest BCUT2D eigenvalue weighted by atomic mass is 16.3. The number of carbonyl (C=O) groups excluding carboxylic acids is 1. The molecule has 14 heavy (non-hydrogen) atoms. The van der Waals surface area contributed by atoms with Crippen molar-refractivity contribution in [3.05, 3.63) is 0 Å². The minimum Gasteiger partial charge on any atom is -0.394 e. The van der Waals surface area contributed by atoms with Crippen molar-refractivity contribution in [2.75, 3.05) is 13.7 Å². The third-order valence-electron chi connectivity index (χ3n) is 3.06. The second kappa shape index (κ2) is 4.30. The first kappa shape index (κ1) is 13.4. The number of rotatable bonds is 4. The van der Waals surface area contributed by atoms with E-state index >= 15 is 0 Å². The predicted octanol–water partition coefficient (Wildman–Crippen LogP) is 1.65. The van der Waals surface area contributed by atoms with Gasteiger partial charge in [-0.25, -0.2) is 0 Å². The molecule has 84 valence electrons. The number of carbonyl (C=O) groups is 1. The zero-order valence-corrected chi connectivity index (χ0v) is 10.2. The van der Waals surface area contributed by atoms with Gasteiger partial charge in [-0.2, -0.15) is 0 Å². The van der Waals surface area contributed by atoms with Crippen LogP contribution in [0.1, 0.15) is 41.0 Å². The molecule has 0 aromatic carbocycles. The Morgan fingerprint density at radius 3 is 2.00 bits per heavy atom. The number of amides is 1. The highest BCUT2D eigenvalue weighted by molar-refractivity contribution is 5.82. The molecule has 0 aliphatic carbocycles. The van der Waals surface area contributed by atoms with Crippen molar-refractivity contribution >= 4 is 5.91 Å². The van der Waals surface area contributed by atoms with Gasteiger partial charge in [-0.15, -0.1) is 0 Å². The van der Waals surface area contributed by atoms with Gasteiger partial charge in [-0.1, -0.05) is 20.8 Å². The topological polar surface area (TPSA) is 40.5 Å². The fourth-order valence-electron chi connectivity index (χ4n) is 0.986. The van der Waals surface area contributed by atoms with Gasteiger partial charge in [0.1, 0.15) is 0 Å². The van der Waals surface area contributed by atoms with Crippen molar-refractivity contribution in [2.45, 2.75) is 46.6 Å².